The Hall–Kier alpha value is -2.93. The molecule has 2 aromatic carbocycles. The maximum absolute atomic E-state index is 12.4. The molecular weight excluding hydrogens is 386 g/mol. The van der Waals surface area contributed by atoms with Crippen LogP contribution >= 0.6 is 15.9 Å². The Labute approximate surface area is 150 Å². The lowest BCUT2D eigenvalue weighted by Crippen LogP contribution is -2.05. The summed E-state index contributed by atoms with van der Waals surface area (Å²) in [6, 6.07) is 14.7. The van der Waals surface area contributed by atoms with Gasteiger partial charge in [0.05, 0.1) is 5.39 Å². The van der Waals surface area contributed by atoms with Crippen molar-refractivity contribution in [2.75, 3.05) is 0 Å². The minimum atomic E-state index is -0.165. The molecule has 0 atom stereocenters. The molecule has 0 N–H and O–H groups in total. The summed E-state index contributed by atoms with van der Waals surface area (Å²) in [7, 11) is 0. The van der Waals surface area contributed by atoms with E-state index in [1.54, 1.807) is 12.1 Å². The lowest BCUT2D eigenvalue weighted by Gasteiger charge is -2.10. The normalized spacial score (nSPS) is 10.9. The van der Waals surface area contributed by atoms with Gasteiger partial charge in [-0.1, -0.05) is 30.3 Å². The molecule has 7 heteroatoms. The Morgan fingerprint density at radius 3 is 2.76 bits per heavy atom. The summed E-state index contributed by atoms with van der Waals surface area (Å²) in [6.45, 7) is 0.415. The molecular formula is C18H12BrN3O3. The Morgan fingerprint density at radius 2 is 2.00 bits per heavy atom. The van der Waals surface area contributed by atoms with Gasteiger partial charge < -0.3 is 9.15 Å². The fourth-order valence-electron chi connectivity index (χ4n) is 2.44. The number of benzene rings is 2. The van der Waals surface area contributed by atoms with Crippen LogP contribution in [0.3, 0.4) is 0 Å². The highest BCUT2D eigenvalue weighted by Crippen LogP contribution is 2.33. The van der Waals surface area contributed by atoms with Crippen molar-refractivity contribution in [1.82, 2.24) is 14.8 Å². The quantitative estimate of drug-likeness (QED) is 0.524. The van der Waals surface area contributed by atoms with Gasteiger partial charge in [-0.3, -0.25) is 4.79 Å². The van der Waals surface area contributed by atoms with Crippen LogP contribution in [0.4, 0.5) is 0 Å². The molecule has 0 fully saturated rings. The fraction of sp³-hybridized carbons (Fsp3) is 0.0556. The van der Waals surface area contributed by atoms with Crippen molar-refractivity contribution in [3.63, 3.8) is 0 Å². The second kappa shape index (κ2) is 6.52. The molecule has 124 valence electrons. The van der Waals surface area contributed by atoms with Crippen molar-refractivity contribution in [2.45, 2.75) is 6.61 Å². The summed E-state index contributed by atoms with van der Waals surface area (Å²) in [6.07, 6.45) is 2.84. The predicted molar refractivity (Wildman–Crippen MR) is 95.9 cm³/mol. The number of aromatic nitrogens is 3. The molecule has 0 aliphatic rings. The van der Waals surface area contributed by atoms with Crippen LogP contribution in [0, 0.1) is 0 Å². The minimum absolute atomic E-state index is 0.165. The van der Waals surface area contributed by atoms with Gasteiger partial charge >= 0.3 is 0 Å². The summed E-state index contributed by atoms with van der Waals surface area (Å²) in [4.78, 5) is 16.2. The second-order valence-corrected chi connectivity index (χ2v) is 6.11. The van der Waals surface area contributed by atoms with E-state index in [4.69, 9.17) is 9.15 Å². The van der Waals surface area contributed by atoms with E-state index >= 15 is 0 Å². The van der Waals surface area contributed by atoms with E-state index in [9.17, 15) is 4.79 Å². The van der Waals surface area contributed by atoms with Crippen LogP contribution in [-0.4, -0.2) is 14.8 Å². The number of hydrogen-bond acceptors (Lipinski definition) is 5. The zero-order valence-electron chi connectivity index (χ0n) is 12.9. The van der Waals surface area contributed by atoms with Crippen LogP contribution in [0.2, 0.25) is 0 Å². The van der Waals surface area contributed by atoms with Crippen LogP contribution in [-0.2, 0) is 6.61 Å². The van der Waals surface area contributed by atoms with Crippen molar-refractivity contribution in [2.24, 2.45) is 0 Å². The van der Waals surface area contributed by atoms with E-state index in [2.05, 4.69) is 26.0 Å². The van der Waals surface area contributed by atoms with E-state index in [1.165, 1.54) is 23.4 Å². The lowest BCUT2D eigenvalue weighted by molar-refractivity contribution is 0.304. The van der Waals surface area contributed by atoms with E-state index in [-0.39, 0.29) is 11.3 Å². The molecule has 0 unspecified atom stereocenters. The molecule has 4 aromatic rings. The fourth-order valence-corrected chi connectivity index (χ4v) is 2.98. The average molecular weight is 398 g/mol. The van der Waals surface area contributed by atoms with Gasteiger partial charge in [0, 0.05) is 6.07 Å². The maximum atomic E-state index is 12.4. The van der Waals surface area contributed by atoms with Gasteiger partial charge in [-0.2, -0.15) is 9.78 Å². The van der Waals surface area contributed by atoms with Gasteiger partial charge in [-0.05, 0) is 33.6 Å². The third-order valence-corrected chi connectivity index (χ3v) is 4.42. The van der Waals surface area contributed by atoms with Crippen molar-refractivity contribution in [3.8, 4) is 11.6 Å². The summed E-state index contributed by atoms with van der Waals surface area (Å²) >= 11 is 3.48. The SMILES string of the molecule is O=c1cc(-n2cncn2)oc2c(Br)c(OCc3ccccc3)ccc12. The number of ether oxygens (including phenoxy) is 1. The molecule has 0 spiro atoms. The van der Waals surface area contributed by atoms with Gasteiger partial charge in [0.25, 0.3) is 0 Å². The van der Waals surface area contributed by atoms with Crippen LogP contribution < -0.4 is 10.2 Å². The first-order valence-electron chi connectivity index (χ1n) is 7.50. The molecule has 0 bridgehead atoms. The Morgan fingerprint density at radius 1 is 1.16 bits per heavy atom. The van der Waals surface area contributed by atoms with E-state index in [0.717, 1.165) is 5.56 Å². The number of rotatable bonds is 4. The van der Waals surface area contributed by atoms with Gasteiger partial charge in [0.15, 0.2) is 11.0 Å². The third kappa shape index (κ3) is 3.06. The monoisotopic (exact) mass is 397 g/mol. The molecule has 0 saturated carbocycles. The van der Waals surface area contributed by atoms with Crippen molar-refractivity contribution >= 4 is 26.9 Å². The molecule has 0 amide bonds. The van der Waals surface area contributed by atoms with Crippen LogP contribution in [0.1, 0.15) is 5.56 Å². The zero-order chi connectivity index (χ0) is 17.2. The number of hydrogen-bond donors (Lipinski definition) is 0. The predicted octanol–water partition coefficient (Wildman–Crippen LogP) is 3.72. The summed E-state index contributed by atoms with van der Waals surface area (Å²) in [5.74, 6) is 0.881. The molecule has 2 aromatic heterocycles. The molecule has 4 rings (SSSR count). The Kier molecular flexibility index (Phi) is 4.07. The smallest absolute Gasteiger partial charge is 0.225 e. The topological polar surface area (TPSA) is 70.2 Å². The molecule has 25 heavy (non-hydrogen) atoms. The molecule has 0 aliphatic carbocycles. The van der Waals surface area contributed by atoms with Gasteiger partial charge in [0.1, 0.15) is 29.5 Å². The standard InChI is InChI=1S/C18H12BrN3O3/c19-17-15(24-9-12-4-2-1-3-5-12)7-6-13-14(23)8-16(25-18(13)17)22-11-20-10-21-22/h1-8,10-11H,9H2. The Bertz CT molecular complexity index is 1080. The van der Waals surface area contributed by atoms with Gasteiger partial charge in [-0.15, -0.1) is 0 Å². The molecule has 0 saturated heterocycles. The average Bonchev–Trinajstić information content (AvgIpc) is 3.17. The molecule has 2 heterocycles. The largest absolute Gasteiger partial charge is 0.488 e. The summed E-state index contributed by atoms with van der Waals surface area (Å²) < 4.78 is 13.7. The summed E-state index contributed by atoms with van der Waals surface area (Å²) in [5, 5.41) is 4.45. The van der Waals surface area contributed by atoms with Crippen LogP contribution in [0.25, 0.3) is 16.9 Å². The third-order valence-electron chi connectivity index (χ3n) is 3.67. The second-order valence-electron chi connectivity index (χ2n) is 5.32. The first-order valence-corrected chi connectivity index (χ1v) is 8.30. The lowest BCUT2D eigenvalue weighted by atomic mass is 10.2. The van der Waals surface area contributed by atoms with E-state index in [0.29, 0.717) is 27.8 Å². The first-order chi connectivity index (χ1) is 12.2. The van der Waals surface area contributed by atoms with Gasteiger partial charge in [-0.25, -0.2) is 4.98 Å². The number of nitrogens with zero attached hydrogens (tertiary/aromatic N) is 3. The highest BCUT2D eigenvalue weighted by atomic mass is 79.9. The number of halogens is 1. The van der Waals surface area contributed by atoms with Crippen molar-refractivity contribution < 1.29 is 9.15 Å². The zero-order valence-corrected chi connectivity index (χ0v) is 14.5. The Balaban J connectivity index is 1.74. The molecule has 6 nitrogen and oxygen atoms in total. The first kappa shape index (κ1) is 15.6. The van der Waals surface area contributed by atoms with Gasteiger partial charge in [0.2, 0.25) is 5.88 Å². The highest BCUT2D eigenvalue weighted by Gasteiger charge is 2.14. The van der Waals surface area contributed by atoms with Crippen LogP contribution in [0.15, 0.2) is 74.9 Å². The van der Waals surface area contributed by atoms with Crippen molar-refractivity contribution in [1.29, 1.82) is 0 Å². The highest BCUT2D eigenvalue weighted by molar-refractivity contribution is 9.10. The van der Waals surface area contributed by atoms with Crippen molar-refractivity contribution in [3.05, 3.63) is 81.4 Å². The summed E-state index contributed by atoms with van der Waals surface area (Å²) in [5.41, 5.74) is 1.29. The van der Waals surface area contributed by atoms with E-state index in [1.807, 2.05) is 30.3 Å². The van der Waals surface area contributed by atoms with Crippen LogP contribution in [0.5, 0.6) is 5.75 Å². The maximum Gasteiger partial charge on any atom is 0.225 e. The molecule has 0 aliphatic heterocycles. The molecule has 0 radical (unpaired) electrons. The van der Waals surface area contributed by atoms with E-state index < -0.39 is 0 Å². The minimum Gasteiger partial charge on any atom is -0.488 e. The number of fused-ring (bicyclic) bond motifs is 1.